The largest absolute Gasteiger partial charge is 0.449 e. The standard InChI is InChI=1S/C14H13N3O3/c1-3-10(2)20-13(18)8-9-17-14(19)11-6-4-5-7-12(11)15-16-17/h1,4-7,10H,8-9H2,2H3. The summed E-state index contributed by atoms with van der Waals surface area (Å²) >= 11 is 0. The molecular formula is C14H13N3O3. The summed E-state index contributed by atoms with van der Waals surface area (Å²) in [6.45, 7) is 1.70. The lowest BCUT2D eigenvalue weighted by Gasteiger charge is -2.07. The molecule has 6 nitrogen and oxygen atoms in total. The van der Waals surface area contributed by atoms with Gasteiger partial charge in [0.25, 0.3) is 5.56 Å². The summed E-state index contributed by atoms with van der Waals surface area (Å²) in [6, 6.07) is 6.90. The third-order valence-electron chi connectivity index (χ3n) is 2.70. The normalized spacial score (nSPS) is 11.8. The van der Waals surface area contributed by atoms with Gasteiger partial charge in [0, 0.05) is 0 Å². The SMILES string of the molecule is C#CC(C)OC(=O)CCn1nnc2ccccc2c1=O. The number of nitrogens with zero attached hydrogens (tertiary/aromatic N) is 3. The van der Waals surface area contributed by atoms with Crippen molar-refractivity contribution >= 4 is 16.9 Å². The van der Waals surface area contributed by atoms with Crippen LogP contribution in [0.1, 0.15) is 13.3 Å². The van der Waals surface area contributed by atoms with E-state index in [9.17, 15) is 9.59 Å². The summed E-state index contributed by atoms with van der Waals surface area (Å²) in [7, 11) is 0. The maximum absolute atomic E-state index is 12.1. The maximum atomic E-state index is 12.1. The van der Waals surface area contributed by atoms with E-state index in [0.29, 0.717) is 10.9 Å². The number of terminal acetylenes is 1. The minimum Gasteiger partial charge on any atom is -0.449 e. The smallest absolute Gasteiger partial charge is 0.308 e. The lowest BCUT2D eigenvalue weighted by molar-refractivity contribution is -0.146. The number of hydrogen-bond donors (Lipinski definition) is 0. The Morgan fingerprint density at radius 1 is 1.50 bits per heavy atom. The lowest BCUT2D eigenvalue weighted by Crippen LogP contribution is -2.26. The van der Waals surface area contributed by atoms with Crippen LogP contribution in [0.2, 0.25) is 0 Å². The van der Waals surface area contributed by atoms with Gasteiger partial charge >= 0.3 is 5.97 Å². The first-order chi connectivity index (χ1) is 9.61. The maximum Gasteiger partial charge on any atom is 0.308 e. The quantitative estimate of drug-likeness (QED) is 0.606. The van der Waals surface area contributed by atoms with Crippen LogP contribution in [0.15, 0.2) is 29.1 Å². The molecule has 0 aliphatic rings. The predicted octanol–water partition coefficient (Wildman–Crippen LogP) is 0.747. The first-order valence-corrected chi connectivity index (χ1v) is 6.10. The Morgan fingerprint density at radius 2 is 2.25 bits per heavy atom. The van der Waals surface area contributed by atoms with Crippen molar-refractivity contribution < 1.29 is 9.53 Å². The van der Waals surface area contributed by atoms with Crippen LogP contribution in [0.3, 0.4) is 0 Å². The molecule has 1 atom stereocenters. The Balaban J connectivity index is 2.11. The minimum atomic E-state index is -0.582. The number of ether oxygens (including phenoxy) is 1. The summed E-state index contributed by atoms with van der Waals surface area (Å²) in [5, 5.41) is 8.17. The number of esters is 1. The highest BCUT2D eigenvalue weighted by atomic mass is 16.5. The van der Waals surface area contributed by atoms with Crippen molar-refractivity contribution in [1.82, 2.24) is 15.0 Å². The highest BCUT2D eigenvalue weighted by Crippen LogP contribution is 2.03. The summed E-state index contributed by atoms with van der Waals surface area (Å²) in [5.74, 6) is 1.82. The number of carbonyl (C=O) groups is 1. The van der Waals surface area contributed by atoms with Gasteiger partial charge in [0.05, 0.1) is 18.4 Å². The molecule has 6 heteroatoms. The van der Waals surface area contributed by atoms with Crippen LogP contribution in [0.4, 0.5) is 0 Å². The van der Waals surface area contributed by atoms with Crippen LogP contribution in [-0.4, -0.2) is 27.1 Å². The Bertz CT molecular complexity index is 730. The molecule has 0 amide bonds. The van der Waals surface area contributed by atoms with Gasteiger partial charge in [0.1, 0.15) is 5.52 Å². The van der Waals surface area contributed by atoms with Crippen LogP contribution in [0.25, 0.3) is 10.9 Å². The molecule has 1 aromatic heterocycles. The van der Waals surface area contributed by atoms with Gasteiger partial charge in [-0.05, 0) is 19.1 Å². The first-order valence-electron chi connectivity index (χ1n) is 6.10. The number of aryl methyl sites for hydroxylation is 1. The number of fused-ring (bicyclic) bond motifs is 1. The zero-order valence-electron chi connectivity index (χ0n) is 10.9. The summed E-state index contributed by atoms with van der Waals surface area (Å²) in [5.41, 5.74) is 0.241. The zero-order valence-corrected chi connectivity index (χ0v) is 10.9. The summed E-state index contributed by atoms with van der Waals surface area (Å²) in [4.78, 5) is 23.6. The second-order valence-corrected chi connectivity index (χ2v) is 4.18. The van der Waals surface area contributed by atoms with Gasteiger partial charge in [-0.15, -0.1) is 11.5 Å². The second kappa shape index (κ2) is 5.97. The molecule has 0 spiro atoms. The Kier molecular flexibility index (Phi) is 4.11. The van der Waals surface area contributed by atoms with Crippen molar-refractivity contribution in [3.8, 4) is 12.3 Å². The number of rotatable bonds is 4. The van der Waals surface area contributed by atoms with Crippen LogP contribution in [0.5, 0.6) is 0 Å². The molecular weight excluding hydrogens is 258 g/mol. The second-order valence-electron chi connectivity index (χ2n) is 4.18. The van der Waals surface area contributed by atoms with Gasteiger partial charge in [0.15, 0.2) is 6.10 Å². The topological polar surface area (TPSA) is 74.1 Å². The van der Waals surface area contributed by atoms with Gasteiger partial charge in [-0.2, -0.15) is 0 Å². The zero-order chi connectivity index (χ0) is 14.5. The van der Waals surface area contributed by atoms with Gasteiger partial charge in [0.2, 0.25) is 0 Å². The fraction of sp³-hybridized carbons (Fsp3) is 0.286. The summed E-state index contributed by atoms with van der Waals surface area (Å²) < 4.78 is 6.05. The van der Waals surface area contributed by atoms with Crippen molar-refractivity contribution in [3.63, 3.8) is 0 Å². The fourth-order valence-corrected chi connectivity index (χ4v) is 1.66. The molecule has 1 unspecified atom stereocenters. The predicted molar refractivity (Wildman–Crippen MR) is 72.8 cm³/mol. The number of benzene rings is 1. The molecule has 0 N–H and O–H groups in total. The highest BCUT2D eigenvalue weighted by Gasteiger charge is 2.10. The van der Waals surface area contributed by atoms with E-state index in [4.69, 9.17) is 11.2 Å². The van der Waals surface area contributed by atoms with Crippen LogP contribution < -0.4 is 5.56 Å². The third-order valence-corrected chi connectivity index (χ3v) is 2.70. The Morgan fingerprint density at radius 3 is 3.00 bits per heavy atom. The van der Waals surface area contributed by atoms with E-state index in [1.165, 1.54) is 0 Å². The van der Waals surface area contributed by atoms with E-state index in [2.05, 4.69) is 16.2 Å². The minimum absolute atomic E-state index is 0.0128. The molecule has 0 bridgehead atoms. The molecule has 102 valence electrons. The molecule has 0 aliphatic carbocycles. The molecule has 0 radical (unpaired) electrons. The lowest BCUT2D eigenvalue weighted by atomic mass is 10.2. The van der Waals surface area contributed by atoms with Gasteiger partial charge in [-0.1, -0.05) is 23.3 Å². The molecule has 0 aliphatic heterocycles. The van der Waals surface area contributed by atoms with Crippen molar-refractivity contribution in [2.75, 3.05) is 0 Å². The van der Waals surface area contributed by atoms with Gasteiger partial charge in [-0.25, -0.2) is 4.68 Å². The van der Waals surface area contributed by atoms with E-state index >= 15 is 0 Å². The van der Waals surface area contributed by atoms with E-state index in [-0.39, 0.29) is 18.5 Å². The number of aromatic nitrogens is 3. The van der Waals surface area contributed by atoms with Gasteiger partial charge < -0.3 is 4.74 Å². The first kappa shape index (κ1) is 13.7. The fourth-order valence-electron chi connectivity index (χ4n) is 1.66. The van der Waals surface area contributed by atoms with Crippen molar-refractivity contribution in [1.29, 1.82) is 0 Å². The van der Waals surface area contributed by atoms with E-state index in [0.717, 1.165) is 4.68 Å². The van der Waals surface area contributed by atoms with Crippen molar-refractivity contribution in [2.45, 2.75) is 26.0 Å². The molecule has 20 heavy (non-hydrogen) atoms. The Hall–Kier alpha value is -2.68. The third kappa shape index (κ3) is 3.01. The van der Waals surface area contributed by atoms with E-state index < -0.39 is 12.1 Å². The van der Waals surface area contributed by atoms with Crippen LogP contribution >= 0.6 is 0 Å². The highest BCUT2D eigenvalue weighted by molar-refractivity contribution is 5.76. The summed E-state index contributed by atoms with van der Waals surface area (Å²) in [6.07, 6.45) is 4.54. The molecule has 1 heterocycles. The average Bonchev–Trinajstić information content (AvgIpc) is 2.46. The molecule has 1 aromatic carbocycles. The molecule has 2 aromatic rings. The molecule has 0 saturated heterocycles. The van der Waals surface area contributed by atoms with Crippen molar-refractivity contribution in [3.05, 3.63) is 34.6 Å². The number of hydrogen-bond acceptors (Lipinski definition) is 5. The molecule has 0 fully saturated rings. The van der Waals surface area contributed by atoms with E-state index in [1.807, 2.05) is 0 Å². The van der Waals surface area contributed by atoms with Crippen LogP contribution in [-0.2, 0) is 16.1 Å². The molecule has 2 rings (SSSR count). The van der Waals surface area contributed by atoms with Gasteiger partial charge in [-0.3, -0.25) is 9.59 Å². The van der Waals surface area contributed by atoms with Crippen LogP contribution in [0, 0.1) is 12.3 Å². The molecule has 0 saturated carbocycles. The average molecular weight is 271 g/mol. The van der Waals surface area contributed by atoms with E-state index in [1.54, 1.807) is 31.2 Å². The number of carbonyl (C=O) groups excluding carboxylic acids is 1. The Labute approximate surface area is 115 Å². The van der Waals surface area contributed by atoms with Crippen molar-refractivity contribution in [2.24, 2.45) is 0 Å². The monoisotopic (exact) mass is 271 g/mol.